The Bertz CT molecular complexity index is 622. The van der Waals surface area contributed by atoms with Gasteiger partial charge in [0.2, 0.25) is 0 Å². The molecule has 5 nitrogen and oxygen atoms in total. The molecule has 1 unspecified atom stereocenters. The van der Waals surface area contributed by atoms with Crippen LogP contribution >= 0.6 is 11.6 Å². The molecule has 0 aliphatic carbocycles. The van der Waals surface area contributed by atoms with E-state index in [1.807, 2.05) is 12.1 Å². The number of nitrogens with one attached hydrogen (secondary N) is 2. The molecular weight excluding hydrogens is 362 g/mol. The molecular formula is C21H34ClN3O2. The van der Waals surface area contributed by atoms with E-state index in [2.05, 4.69) is 48.5 Å². The van der Waals surface area contributed by atoms with Gasteiger partial charge >= 0.3 is 0 Å². The Labute approximate surface area is 168 Å². The van der Waals surface area contributed by atoms with Gasteiger partial charge in [0.05, 0.1) is 6.10 Å². The lowest BCUT2D eigenvalue weighted by Gasteiger charge is -2.39. The summed E-state index contributed by atoms with van der Waals surface area (Å²) in [6, 6.07) is 8.13. The Morgan fingerprint density at radius 3 is 2.48 bits per heavy atom. The minimum absolute atomic E-state index is 0.0557. The van der Waals surface area contributed by atoms with Crippen LogP contribution in [0.15, 0.2) is 29.3 Å². The fourth-order valence-electron chi connectivity index (χ4n) is 3.60. The Kier molecular flexibility index (Phi) is 7.95. The fourth-order valence-corrected chi connectivity index (χ4v) is 3.94. The van der Waals surface area contributed by atoms with Crippen LogP contribution in [0.3, 0.4) is 0 Å². The topological polar surface area (TPSA) is 54.9 Å². The number of aliphatic imine (C=N–C) groups is 1. The molecule has 0 bridgehead atoms. The summed E-state index contributed by atoms with van der Waals surface area (Å²) >= 11 is 6.54. The van der Waals surface area contributed by atoms with E-state index in [1.54, 1.807) is 14.2 Å². The van der Waals surface area contributed by atoms with Crippen LogP contribution in [0.4, 0.5) is 0 Å². The third-order valence-electron chi connectivity index (χ3n) is 5.42. The van der Waals surface area contributed by atoms with E-state index in [0.717, 1.165) is 43.6 Å². The van der Waals surface area contributed by atoms with Crippen molar-refractivity contribution < 1.29 is 9.47 Å². The minimum Gasteiger partial charge on any atom is -0.381 e. The third kappa shape index (κ3) is 5.84. The Morgan fingerprint density at radius 1 is 1.26 bits per heavy atom. The largest absolute Gasteiger partial charge is 0.381 e. The van der Waals surface area contributed by atoms with Crippen molar-refractivity contribution in [1.82, 2.24) is 10.6 Å². The summed E-state index contributed by atoms with van der Waals surface area (Å²) in [5, 5.41) is 7.72. The molecule has 2 rings (SSSR count). The first kappa shape index (κ1) is 22.0. The van der Waals surface area contributed by atoms with Gasteiger partial charge in [0.15, 0.2) is 5.96 Å². The lowest BCUT2D eigenvalue weighted by molar-refractivity contribution is 0.0204. The van der Waals surface area contributed by atoms with E-state index in [1.165, 1.54) is 5.56 Å². The zero-order chi connectivity index (χ0) is 19.9. The Balaban J connectivity index is 2.06. The first-order valence-corrected chi connectivity index (χ1v) is 10.0. The standard InChI is InChI=1S/C21H34ClN3O2/c1-20(2,3)18(26-5)14-24-19(23-4)25-15-21(10-12-27-13-11-21)16-8-6-7-9-17(16)22/h6-9,18H,10-15H2,1-5H3,(H2,23,24,25). The Hall–Kier alpha value is -1.30. The van der Waals surface area contributed by atoms with Crippen LogP contribution in [0.25, 0.3) is 0 Å². The van der Waals surface area contributed by atoms with Crippen molar-refractivity contribution in [3.05, 3.63) is 34.9 Å². The Morgan fingerprint density at radius 2 is 1.93 bits per heavy atom. The molecule has 1 aromatic carbocycles. The molecule has 0 saturated carbocycles. The maximum Gasteiger partial charge on any atom is 0.191 e. The summed E-state index contributed by atoms with van der Waals surface area (Å²) in [5.41, 5.74) is 1.18. The molecule has 1 heterocycles. The van der Waals surface area contributed by atoms with Gasteiger partial charge in [-0.05, 0) is 29.9 Å². The van der Waals surface area contributed by atoms with Crippen molar-refractivity contribution in [1.29, 1.82) is 0 Å². The molecule has 1 aromatic rings. The van der Waals surface area contributed by atoms with Crippen LogP contribution in [0.2, 0.25) is 5.02 Å². The van der Waals surface area contributed by atoms with Crippen molar-refractivity contribution >= 4 is 17.6 Å². The molecule has 1 atom stereocenters. The smallest absolute Gasteiger partial charge is 0.191 e. The van der Waals surface area contributed by atoms with Crippen molar-refractivity contribution in [3.8, 4) is 0 Å². The van der Waals surface area contributed by atoms with Gasteiger partial charge < -0.3 is 20.1 Å². The van der Waals surface area contributed by atoms with Crippen LogP contribution in [0.1, 0.15) is 39.2 Å². The highest BCUT2D eigenvalue weighted by molar-refractivity contribution is 6.31. The summed E-state index contributed by atoms with van der Waals surface area (Å²) < 4.78 is 11.2. The molecule has 0 aromatic heterocycles. The van der Waals surface area contributed by atoms with Gasteiger partial charge in [0.25, 0.3) is 0 Å². The van der Waals surface area contributed by atoms with Crippen LogP contribution in [0, 0.1) is 5.41 Å². The number of benzene rings is 1. The number of hydrogen-bond donors (Lipinski definition) is 2. The average Bonchev–Trinajstić information content (AvgIpc) is 2.64. The number of ether oxygens (including phenoxy) is 2. The molecule has 6 heteroatoms. The maximum absolute atomic E-state index is 6.54. The highest BCUT2D eigenvalue weighted by atomic mass is 35.5. The number of halogens is 1. The molecule has 152 valence electrons. The summed E-state index contributed by atoms with van der Waals surface area (Å²) in [7, 11) is 3.54. The minimum atomic E-state index is -0.0566. The van der Waals surface area contributed by atoms with E-state index in [0.29, 0.717) is 6.54 Å². The van der Waals surface area contributed by atoms with E-state index < -0.39 is 0 Å². The monoisotopic (exact) mass is 395 g/mol. The molecule has 2 N–H and O–H groups in total. The predicted octanol–water partition coefficient (Wildman–Crippen LogP) is 3.61. The molecule has 1 saturated heterocycles. The van der Waals surface area contributed by atoms with Crippen molar-refractivity contribution in [2.75, 3.05) is 40.5 Å². The lowest BCUT2D eigenvalue weighted by atomic mass is 9.74. The molecule has 1 fully saturated rings. The molecule has 0 amide bonds. The van der Waals surface area contributed by atoms with Crippen LogP contribution in [0.5, 0.6) is 0 Å². The zero-order valence-corrected chi connectivity index (χ0v) is 18.0. The predicted molar refractivity (Wildman–Crippen MR) is 113 cm³/mol. The zero-order valence-electron chi connectivity index (χ0n) is 17.3. The highest BCUT2D eigenvalue weighted by Gasteiger charge is 2.36. The van der Waals surface area contributed by atoms with Crippen LogP contribution < -0.4 is 10.6 Å². The molecule has 0 spiro atoms. The number of rotatable bonds is 6. The summed E-state index contributed by atoms with van der Waals surface area (Å²) in [4.78, 5) is 4.38. The fraction of sp³-hybridized carbons (Fsp3) is 0.667. The number of methoxy groups -OCH3 is 1. The van der Waals surface area contributed by atoms with Crippen LogP contribution in [-0.4, -0.2) is 52.5 Å². The van der Waals surface area contributed by atoms with E-state index in [-0.39, 0.29) is 16.9 Å². The number of guanidine groups is 1. The first-order chi connectivity index (χ1) is 12.8. The molecule has 1 aliphatic rings. The van der Waals surface area contributed by atoms with Crippen LogP contribution in [-0.2, 0) is 14.9 Å². The summed E-state index contributed by atoms with van der Waals surface area (Å²) in [5.74, 6) is 0.777. The normalized spacial score (nSPS) is 18.8. The number of nitrogens with zero attached hydrogens (tertiary/aromatic N) is 1. The highest BCUT2D eigenvalue weighted by Crippen LogP contribution is 2.38. The van der Waals surface area contributed by atoms with Crippen molar-refractivity contribution in [2.45, 2.75) is 45.1 Å². The number of hydrogen-bond acceptors (Lipinski definition) is 3. The second-order valence-electron chi connectivity index (χ2n) is 8.27. The SMILES string of the molecule is CN=C(NCC(OC)C(C)(C)C)NCC1(c2ccccc2Cl)CCOCC1. The summed E-state index contributed by atoms with van der Waals surface area (Å²) in [6.07, 6.45) is 1.96. The van der Waals surface area contributed by atoms with Crippen molar-refractivity contribution in [3.63, 3.8) is 0 Å². The van der Waals surface area contributed by atoms with Gasteiger partial charge in [0.1, 0.15) is 0 Å². The molecule has 1 aliphatic heterocycles. The van der Waals surface area contributed by atoms with E-state index in [4.69, 9.17) is 21.1 Å². The third-order valence-corrected chi connectivity index (χ3v) is 5.75. The van der Waals surface area contributed by atoms with Gasteiger partial charge in [-0.25, -0.2) is 0 Å². The van der Waals surface area contributed by atoms with Gasteiger partial charge in [-0.15, -0.1) is 0 Å². The van der Waals surface area contributed by atoms with Gasteiger partial charge in [-0.1, -0.05) is 50.6 Å². The average molecular weight is 396 g/mol. The van der Waals surface area contributed by atoms with E-state index >= 15 is 0 Å². The maximum atomic E-state index is 6.54. The second kappa shape index (κ2) is 9.76. The van der Waals surface area contributed by atoms with Gasteiger partial charge in [0, 0.05) is 50.9 Å². The quantitative estimate of drug-likeness (QED) is 0.570. The first-order valence-electron chi connectivity index (χ1n) is 9.62. The second-order valence-corrected chi connectivity index (χ2v) is 8.68. The molecule has 0 radical (unpaired) electrons. The van der Waals surface area contributed by atoms with Crippen molar-refractivity contribution in [2.24, 2.45) is 10.4 Å². The van der Waals surface area contributed by atoms with Gasteiger partial charge in [-0.2, -0.15) is 0 Å². The van der Waals surface area contributed by atoms with Gasteiger partial charge in [-0.3, -0.25) is 4.99 Å². The summed E-state index contributed by atoms with van der Waals surface area (Å²) in [6.45, 7) is 9.46. The van der Waals surface area contributed by atoms with E-state index in [9.17, 15) is 0 Å². The molecule has 27 heavy (non-hydrogen) atoms. The lowest BCUT2D eigenvalue weighted by Crippen LogP contribution is -2.50.